The zero-order valence-electron chi connectivity index (χ0n) is 19.2. The molecule has 2 aromatic rings. The molecule has 172 valence electrons. The number of methoxy groups -OCH3 is 1. The van der Waals surface area contributed by atoms with E-state index in [9.17, 15) is 4.79 Å². The smallest absolute Gasteiger partial charge is 0.236 e. The highest BCUT2D eigenvalue weighted by Crippen LogP contribution is 2.23. The Hall–Kier alpha value is -2.71. The molecule has 4 rings (SSSR count). The van der Waals surface area contributed by atoms with Gasteiger partial charge in [0.1, 0.15) is 5.75 Å². The van der Waals surface area contributed by atoms with Gasteiger partial charge in [-0.05, 0) is 49.7 Å². The van der Waals surface area contributed by atoms with Crippen LogP contribution < -0.4 is 9.64 Å². The van der Waals surface area contributed by atoms with Crippen molar-refractivity contribution in [3.8, 4) is 5.75 Å². The lowest BCUT2D eigenvalue weighted by Crippen LogP contribution is -2.51. The van der Waals surface area contributed by atoms with E-state index in [1.54, 1.807) is 13.3 Å². The Balaban J connectivity index is 1.21. The van der Waals surface area contributed by atoms with Crippen LogP contribution in [0.4, 0.5) is 5.82 Å². The Morgan fingerprint density at radius 1 is 1.12 bits per heavy atom. The first-order valence-corrected chi connectivity index (χ1v) is 11.5. The fourth-order valence-electron chi connectivity index (χ4n) is 4.67. The number of hydrogen-bond acceptors (Lipinski definition) is 7. The van der Waals surface area contributed by atoms with E-state index >= 15 is 0 Å². The fraction of sp³-hybridized carbons (Fsp3) is 0.542. The van der Waals surface area contributed by atoms with E-state index in [1.165, 1.54) is 5.56 Å². The van der Waals surface area contributed by atoms with Crippen molar-refractivity contribution in [3.05, 3.63) is 48.2 Å². The van der Waals surface area contributed by atoms with Gasteiger partial charge in [0.2, 0.25) is 5.91 Å². The highest BCUT2D eigenvalue weighted by molar-refractivity contribution is 5.78. The van der Waals surface area contributed by atoms with E-state index in [0.29, 0.717) is 12.6 Å². The van der Waals surface area contributed by atoms with Crippen LogP contribution >= 0.6 is 0 Å². The van der Waals surface area contributed by atoms with Gasteiger partial charge >= 0.3 is 0 Å². The van der Waals surface area contributed by atoms with E-state index in [-0.39, 0.29) is 5.91 Å². The maximum absolute atomic E-state index is 12.9. The number of carbonyl (C=O) groups excluding carboxylic acids is 1. The van der Waals surface area contributed by atoms with E-state index in [4.69, 9.17) is 4.74 Å². The number of hydrogen-bond donors (Lipinski definition) is 0. The number of ether oxygens (including phenoxy) is 1. The summed E-state index contributed by atoms with van der Waals surface area (Å²) in [5, 5.41) is 8.29. The van der Waals surface area contributed by atoms with Gasteiger partial charge in [-0.2, -0.15) is 5.10 Å². The third kappa shape index (κ3) is 5.75. The molecular formula is C24H34N6O2. The van der Waals surface area contributed by atoms with Crippen molar-refractivity contribution >= 4 is 11.7 Å². The average molecular weight is 439 g/mol. The van der Waals surface area contributed by atoms with Crippen LogP contribution in [-0.2, 0) is 11.3 Å². The van der Waals surface area contributed by atoms with E-state index in [2.05, 4.69) is 37.0 Å². The summed E-state index contributed by atoms with van der Waals surface area (Å²) in [6, 6.07) is 12.5. The molecule has 1 aromatic heterocycles. The molecular weight excluding hydrogens is 404 g/mol. The van der Waals surface area contributed by atoms with Crippen molar-refractivity contribution < 1.29 is 9.53 Å². The average Bonchev–Trinajstić information content (AvgIpc) is 3.28. The lowest BCUT2D eigenvalue weighted by Gasteiger charge is -2.36. The molecule has 2 fully saturated rings. The maximum atomic E-state index is 12.9. The Labute approximate surface area is 190 Å². The van der Waals surface area contributed by atoms with Crippen molar-refractivity contribution in [3.63, 3.8) is 0 Å². The fourth-order valence-corrected chi connectivity index (χ4v) is 4.67. The topological polar surface area (TPSA) is 65.0 Å². The zero-order chi connectivity index (χ0) is 22.3. The van der Waals surface area contributed by atoms with Gasteiger partial charge in [0, 0.05) is 58.1 Å². The quantitative estimate of drug-likeness (QED) is 0.622. The van der Waals surface area contributed by atoms with Crippen LogP contribution in [0.5, 0.6) is 5.75 Å². The normalized spacial score (nSPS) is 19.5. The summed E-state index contributed by atoms with van der Waals surface area (Å²) in [5.74, 6) is 2.04. The summed E-state index contributed by atoms with van der Waals surface area (Å²) in [5.41, 5.74) is 1.27. The van der Waals surface area contributed by atoms with Crippen molar-refractivity contribution in [1.82, 2.24) is 24.9 Å². The molecule has 8 heteroatoms. The Bertz CT molecular complexity index is 855. The number of piperazine rings is 1. The van der Waals surface area contributed by atoms with E-state index < -0.39 is 0 Å². The lowest BCUT2D eigenvalue weighted by atomic mass is 10.2. The number of rotatable bonds is 8. The molecule has 0 N–H and O–H groups in total. The SMILES string of the molecule is COc1ccc(CN2CCN(C(=O)CN(C)CC3CCCN3c3cccnn3)CC2)cc1. The number of amides is 1. The molecule has 2 aliphatic heterocycles. The number of likely N-dealkylation sites (N-methyl/N-ethyl adjacent to an activating group) is 1. The third-order valence-electron chi connectivity index (χ3n) is 6.45. The van der Waals surface area contributed by atoms with E-state index in [1.807, 2.05) is 36.2 Å². The van der Waals surface area contributed by atoms with Crippen LogP contribution in [0.3, 0.4) is 0 Å². The van der Waals surface area contributed by atoms with Gasteiger partial charge in [-0.15, -0.1) is 5.10 Å². The zero-order valence-corrected chi connectivity index (χ0v) is 19.2. The van der Waals surface area contributed by atoms with Gasteiger partial charge in [0.25, 0.3) is 0 Å². The number of anilines is 1. The predicted octanol–water partition coefficient (Wildman–Crippen LogP) is 1.73. The molecule has 0 bridgehead atoms. The van der Waals surface area contributed by atoms with Crippen LogP contribution in [0.1, 0.15) is 18.4 Å². The molecule has 3 heterocycles. The molecule has 0 spiro atoms. The van der Waals surface area contributed by atoms with Gasteiger partial charge in [-0.1, -0.05) is 12.1 Å². The van der Waals surface area contributed by atoms with Crippen molar-refractivity contribution in [1.29, 1.82) is 0 Å². The molecule has 2 aliphatic rings. The first kappa shape index (κ1) is 22.5. The molecule has 8 nitrogen and oxygen atoms in total. The van der Waals surface area contributed by atoms with Crippen LogP contribution in [0.2, 0.25) is 0 Å². The number of aromatic nitrogens is 2. The van der Waals surface area contributed by atoms with Crippen LogP contribution in [0, 0.1) is 0 Å². The standard InChI is InChI=1S/C24H34N6O2/c1-27(18-21-5-4-12-30(21)23-6-3-11-25-26-23)19-24(31)29-15-13-28(14-16-29)17-20-7-9-22(32-2)10-8-20/h3,6-11,21H,4-5,12-19H2,1-2H3. The van der Waals surface area contributed by atoms with Crippen molar-refractivity contribution in [2.75, 3.05) is 64.9 Å². The minimum atomic E-state index is 0.223. The number of nitrogens with zero attached hydrogens (tertiary/aromatic N) is 6. The summed E-state index contributed by atoms with van der Waals surface area (Å²) in [7, 11) is 3.73. The van der Waals surface area contributed by atoms with Gasteiger partial charge in [0.05, 0.1) is 13.7 Å². The minimum absolute atomic E-state index is 0.223. The Morgan fingerprint density at radius 2 is 1.91 bits per heavy atom. The monoisotopic (exact) mass is 438 g/mol. The minimum Gasteiger partial charge on any atom is -0.497 e. The predicted molar refractivity (Wildman–Crippen MR) is 125 cm³/mol. The summed E-state index contributed by atoms with van der Waals surface area (Å²) in [6.45, 7) is 6.63. The Morgan fingerprint density at radius 3 is 2.59 bits per heavy atom. The Kier molecular flexibility index (Phi) is 7.55. The first-order chi connectivity index (χ1) is 15.6. The molecule has 0 radical (unpaired) electrons. The molecule has 0 aliphatic carbocycles. The second kappa shape index (κ2) is 10.7. The van der Waals surface area contributed by atoms with E-state index in [0.717, 1.165) is 70.2 Å². The summed E-state index contributed by atoms with van der Waals surface area (Å²) in [4.78, 5) is 21.8. The van der Waals surface area contributed by atoms with Gasteiger partial charge in [-0.25, -0.2) is 0 Å². The van der Waals surface area contributed by atoms with Crippen LogP contribution in [0.25, 0.3) is 0 Å². The summed E-state index contributed by atoms with van der Waals surface area (Å²) < 4.78 is 5.23. The van der Waals surface area contributed by atoms with Gasteiger partial charge in [0.15, 0.2) is 5.82 Å². The highest BCUT2D eigenvalue weighted by atomic mass is 16.5. The maximum Gasteiger partial charge on any atom is 0.236 e. The highest BCUT2D eigenvalue weighted by Gasteiger charge is 2.28. The lowest BCUT2D eigenvalue weighted by molar-refractivity contribution is -0.134. The number of carbonyl (C=O) groups is 1. The van der Waals surface area contributed by atoms with Crippen LogP contribution in [0.15, 0.2) is 42.6 Å². The second-order valence-corrected chi connectivity index (χ2v) is 8.77. The molecule has 32 heavy (non-hydrogen) atoms. The summed E-state index contributed by atoms with van der Waals surface area (Å²) in [6.07, 6.45) is 3.98. The summed E-state index contributed by atoms with van der Waals surface area (Å²) >= 11 is 0. The van der Waals surface area contributed by atoms with Crippen LogP contribution in [-0.4, -0.2) is 96.8 Å². The molecule has 1 unspecified atom stereocenters. The second-order valence-electron chi connectivity index (χ2n) is 8.77. The number of benzene rings is 1. The first-order valence-electron chi connectivity index (χ1n) is 11.5. The molecule has 0 saturated carbocycles. The third-order valence-corrected chi connectivity index (χ3v) is 6.45. The molecule has 1 amide bonds. The van der Waals surface area contributed by atoms with Gasteiger partial charge in [-0.3, -0.25) is 14.6 Å². The largest absolute Gasteiger partial charge is 0.497 e. The molecule has 2 saturated heterocycles. The molecule has 1 atom stereocenters. The molecule has 1 aromatic carbocycles. The van der Waals surface area contributed by atoms with Gasteiger partial charge < -0.3 is 14.5 Å². The van der Waals surface area contributed by atoms with Crippen molar-refractivity contribution in [2.45, 2.75) is 25.4 Å². The van der Waals surface area contributed by atoms with Crippen molar-refractivity contribution in [2.24, 2.45) is 0 Å².